The van der Waals surface area contributed by atoms with Crippen LogP contribution in [0.1, 0.15) is 44.7 Å². The number of amides is 3. The van der Waals surface area contributed by atoms with Crippen LogP contribution in [0.15, 0.2) is 60.8 Å². The van der Waals surface area contributed by atoms with Crippen molar-refractivity contribution in [3.05, 3.63) is 88.1 Å². The van der Waals surface area contributed by atoms with E-state index in [1.165, 1.54) is 6.20 Å². The Bertz CT molecular complexity index is 1140. The predicted octanol–water partition coefficient (Wildman–Crippen LogP) is 4.40. The van der Waals surface area contributed by atoms with Crippen molar-refractivity contribution in [2.75, 3.05) is 17.7 Å². The number of aryl methyl sites for hydroxylation is 1. The molecule has 164 valence electrons. The molecule has 3 aromatic rings. The summed E-state index contributed by atoms with van der Waals surface area (Å²) in [4.78, 5) is 41.5. The van der Waals surface area contributed by atoms with Crippen LogP contribution in [0, 0.1) is 6.92 Å². The summed E-state index contributed by atoms with van der Waals surface area (Å²) < 4.78 is 0. The summed E-state index contributed by atoms with van der Waals surface area (Å²) in [5, 5.41) is 8.56. The maximum Gasteiger partial charge on any atom is 0.258 e. The normalized spacial score (nSPS) is 11.4. The van der Waals surface area contributed by atoms with Crippen LogP contribution in [0.3, 0.4) is 0 Å². The van der Waals surface area contributed by atoms with Crippen molar-refractivity contribution in [3.8, 4) is 0 Å². The van der Waals surface area contributed by atoms with Gasteiger partial charge in [0, 0.05) is 18.8 Å². The van der Waals surface area contributed by atoms with Crippen LogP contribution in [0.4, 0.5) is 11.5 Å². The number of pyridine rings is 1. The molecule has 0 spiro atoms. The van der Waals surface area contributed by atoms with E-state index in [4.69, 9.17) is 11.6 Å². The molecule has 0 saturated carbocycles. The number of hydrogen-bond acceptors (Lipinski definition) is 4. The van der Waals surface area contributed by atoms with E-state index in [0.717, 1.165) is 11.1 Å². The SMILES string of the molecule is CNC(=O)C(C)c1ccc(C(=O)Nc2ccc(C)cc2C(=O)Nc2ccc(Cl)cn2)cc1. The van der Waals surface area contributed by atoms with Crippen LogP contribution in [0.25, 0.3) is 0 Å². The maximum absolute atomic E-state index is 12.8. The van der Waals surface area contributed by atoms with Crippen LogP contribution in [-0.4, -0.2) is 29.8 Å². The molecule has 3 rings (SSSR count). The Morgan fingerprint density at radius 3 is 2.28 bits per heavy atom. The van der Waals surface area contributed by atoms with Gasteiger partial charge in [0.05, 0.1) is 22.2 Å². The second kappa shape index (κ2) is 10.1. The van der Waals surface area contributed by atoms with E-state index in [-0.39, 0.29) is 17.7 Å². The zero-order valence-electron chi connectivity index (χ0n) is 17.9. The molecular formula is C24H23ClN4O3. The van der Waals surface area contributed by atoms with E-state index in [2.05, 4.69) is 20.9 Å². The highest BCUT2D eigenvalue weighted by Crippen LogP contribution is 2.21. The molecule has 0 fully saturated rings. The van der Waals surface area contributed by atoms with E-state index in [0.29, 0.717) is 27.7 Å². The van der Waals surface area contributed by atoms with Gasteiger partial charge < -0.3 is 16.0 Å². The number of carbonyl (C=O) groups is 3. The van der Waals surface area contributed by atoms with E-state index in [9.17, 15) is 14.4 Å². The third-order valence-corrected chi connectivity index (χ3v) is 5.17. The van der Waals surface area contributed by atoms with Gasteiger partial charge in [-0.15, -0.1) is 0 Å². The van der Waals surface area contributed by atoms with Crippen molar-refractivity contribution in [2.45, 2.75) is 19.8 Å². The van der Waals surface area contributed by atoms with Gasteiger partial charge in [0.2, 0.25) is 5.91 Å². The fraction of sp³-hybridized carbons (Fsp3) is 0.167. The van der Waals surface area contributed by atoms with Gasteiger partial charge in [-0.3, -0.25) is 14.4 Å². The van der Waals surface area contributed by atoms with E-state index >= 15 is 0 Å². The molecule has 0 radical (unpaired) electrons. The first-order valence-electron chi connectivity index (χ1n) is 9.95. The number of hydrogen-bond donors (Lipinski definition) is 3. The molecule has 0 aliphatic rings. The van der Waals surface area contributed by atoms with E-state index in [1.807, 2.05) is 6.92 Å². The van der Waals surface area contributed by atoms with Crippen LogP contribution >= 0.6 is 11.6 Å². The number of carbonyl (C=O) groups excluding carboxylic acids is 3. The third kappa shape index (κ3) is 5.50. The molecule has 1 unspecified atom stereocenters. The van der Waals surface area contributed by atoms with Gasteiger partial charge in [-0.1, -0.05) is 35.4 Å². The van der Waals surface area contributed by atoms with Crippen molar-refractivity contribution in [2.24, 2.45) is 0 Å². The van der Waals surface area contributed by atoms with Crippen LogP contribution < -0.4 is 16.0 Å². The number of nitrogens with one attached hydrogen (secondary N) is 3. The molecule has 0 bridgehead atoms. The fourth-order valence-electron chi connectivity index (χ4n) is 3.07. The highest BCUT2D eigenvalue weighted by molar-refractivity contribution is 6.30. The van der Waals surface area contributed by atoms with Gasteiger partial charge >= 0.3 is 0 Å². The summed E-state index contributed by atoms with van der Waals surface area (Å²) in [6.07, 6.45) is 1.44. The maximum atomic E-state index is 12.8. The summed E-state index contributed by atoms with van der Waals surface area (Å²) in [7, 11) is 1.58. The minimum Gasteiger partial charge on any atom is -0.359 e. The minimum atomic E-state index is -0.409. The molecule has 32 heavy (non-hydrogen) atoms. The summed E-state index contributed by atoms with van der Waals surface area (Å²) in [6.45, 7) is 3.65. The third-order valence-electron chi connectivity index (χ3n) is 4.95. The number of likely N-dealkylation sites (N-methyl/N-ethyl adjacent to an activating group) is 1. The second-order valence-corrected chi connectivity index (χ2v) is 7.71. The number of anilines is 2. The molecule has 1 heterocycles. The lowest BCUT2D eigenvalue weighted by Gasteiger charge is -2.13. The Balaban J connectivity index is 1.78. The number of nitrogens with zero attached hydrogens (tertiary/aromatic N) is 1. The molecule has 8 heteroatoms. The fourth-order valence-corrected chi connectivity index (χ4v) is 3.19. The molecule has 0 saturated heterocycles. The average Bonchev–Trinajstić information content (AvgIpc) is 2.80. The highest BCUT2D eigenvalue weighted by Gasteiger charge is 2.17. The zero-order chi connectivity index (χ0) is 23.3. The smallest absolute Gasteiger partial charge is 0.258 e. The van der Waals surface area contributed by atoms with Gasteiger partial charge in [-0.2, -0.15) is 0 Å². The monoisotopic (exact) mass is 450 g/mol. The summed E-state index contributed by atoms with van der Waals surface area (Å²) >= 11 is 5.83. The molecule has 2 aromatic carbocycles. The topological polar surface area (TPSA) is 100 Å². The van der Waals surface area contributed by atoms with Gasteiger partial charge in [-0.25, -0.2) is 4.98 Å². The first-order chi connectivity index (χ1) is 15.3. The lowest BCUT2D eigenvalue weighted by molar-refractivity contribution is -0.121. The van der Waals surface area contributed by atoms with Gasteiger partial charge in [0.1, 0.15) is 5.82 Å². The molecule has 1 aromatic heterocycles. The van der Waals surface area contributed by atoms with Crippen molar-refractivity contribution in [3.63, 3.8) is 0 Å². The Labute approximate surface area is 191 Å². The number of aromatic nitrogens is 1. The Morgan fingerprint density at radius 1 is 0.938 bits per heavy atom. The van der Waals surface area contributed by atoms with Crippen LogP contribution in [0.2, 0.25) is 5.02 Å². The minimum absolute atomic E-state index is 0.104. The second-order valence-electron chi connectivity index (χ2n) is 7.28. The van der Waals surface area contributed by atoms with Crippen LogP contribution in [0.5, 0.6) is 0 Å². The molecular weight excluding hydrogens is 428 g/mol. The summed E-state index contributed by atoms with van der Waals surface area (Å²) in [5.74, 6) is -0.863. The lowest BCUT2D eigenvalue weighted by atomic mass is 9.99. The highest BCUT2D eigenvalue weighted by atomic mass is 35.5. The molecule has 3 N–H and O–H groups in total. The van der Waals surface area contributed by atoms with E-state index in [1.54, 1.807) is 68.6 Å². The molecule has 0 aliphatic heterocycles. The number of rotatable bonds is 6. The predicted molar refractivity (Wildman–Crippen MR) is 125 cm³/mol. The quantitative estimate of drug-likeness (QED) is 0.518. The van der Waals surface area contributed by atoms with Crippen molar-refractivity contribution in [1.29, 1.82) is 0 Å². The number of benzene rings is 2. The molecule has 1 atom stereocenters. The van der Waals surface area contributed by atoms with Crippen molar-refractivity contribution < 1.29 is 14.4 Å². The first kappa shape index (κ1) is 23.0. The average molecular weight is 451 g/mol. The largest absolute Gasteiger partial charge is 0.359 e. The van der Waals surface area contributed by atoms with Gasteiger partial charge in [-0.05, 0) is 55.8 Å². The van der Waals surface area contributed by atoms with Crippen LogP contribution in [-0.2, 0) is 4.79 Å². The summed E-state index contributed by atoms with van der Waals surface area (Å²) in [5.41, 5.74) is 2.75. The molecule has 7 nitrogen and oxygen atoms in total. The molecule has 3 amide bonds. The lowest BCUT2D eigenvalue weighted by Crippen LogP contribution is -2.23. The van der Waals surface area contributed by atoms with Crippen molar-refractivity contribution >= 4 is 40.8 Å². The Hall–Kier alpha value is -3.71. The Kier molecular flexibility index (Phi) is 7.22. The van der Waals surface area contributed by atoms with Gasteiger partial charge in [0.15, 0.2) is 0 Å². The summed E-state index contributed by atoms with van der Waals surface area (Å²) in [6, 6.07) is 15.2. The Morgan fingerprint density at radius 2 is 1.66 bits per heavy atom. The van der Waals surface area contributed by atoms with E-state index < -0.39 is 5.91 Å². The number of halogens is 1. The standard InChI is InChI=1S/C24H23ClN4O3/c1-14-4-10-20(19(12-14)24(32)29-21-11-9-18(25)13-27-21)28-23(31)17-7-5-16(6-8-17)15(2)22(30)26-3/h4-13,15H,1-3H3,(H,26,30)(H,28,31)(H,27,29,32). The zero-order valence-corrected chi connectivity index (χ0v) is 18.7. The first-order valence-corrected chi connectivity index (χ1v) is 10.3. The van der Waals surface area contributed by atoms with Gasteiger partial charge in [0.25, 0.3) is 11.8 Å². The molecule has 0 aliphatic carbocycles. The van der Waals surface area contributed by atoms with Crippen molar-refractivity contribution in [1.82, 2.24) is 10.3 Å².